The lowest BCUT2D eigenvalue weighted by atomic mass is 9.83. The number of oxime groups is 1. The van der Waals surface area contributed by atoms with Crippen LogP contribution in [0.4, 0.5) is 14.4 Å². The van der Waals surface area contributed by atoms with Gasteiger partial charge in [0.1, 0.15) is 88.8 Å². The summed E-state index contributed by atoms with van der Waals surface area (Å²) in [6.07, 6.45) is 4.55. The van der Waals surface area contributed by atoms with Crippen LogP contribution in [-0.4, -0.2) is 249 Å². The Morgan fingerprint density at radius 3 is 1.19 bits per heavy atom. The van der Waals surface area contributed by atoms with Crippen molar-refractivity contribution in [2.75, 3.05) is 116 Å². The molecule has 13 heterocycles. The van der Waals surface area contributed by atoms with Gasteiger partial charge < -0.3 is 111 Å². The van der Waals surface area contributed by atoms with E-state index < -0.39 is 11.2 Å². The number of amides is 3. The Kier molecular flexibility index (Phi) is 46.4. The molecule has 3 saturated heterocycles. The highest BCUT2D eigenvalue weighted by Gasteiger charge is 2.46. The van der Waals surface area contributed by atoms with Gasteiger partial charge in [0, 0.05) is 147 Å². The minimum absolute atomic E-state index is 0.0364. The number of halogens is 2. The molecule has 3 fully saturated rings. The highest BCUT2D eigenvalue weighted by Crippen LogP contribution is 2.42. The Hall–Kier alpha value is -15.9. The maximum absolute atomic E-state index is 12.4. The predicted octanol–water partition coefficient (Wildman–Crippen LogP) is 17.1. The molecule has 40 nitrogen and oxygen atoms in total. The Morgan fingerprint density at radius 1 is 0.417 bits per heavy atom. The van der Waals surface area contributed by atoms with Crippen molar-refractivity contribution >= 4 is 79.0 Å². The molecule has 144 heavy (non-hydrogen) atoms. The normalized spacial score (nSPS) is 13.6. The van der Waals surface area contributed by atoms with Crippen LogP contribution in [0.5, 0.6) is 93.0 Å². The van der Waals surface area contributed by atoms with Crippen molar-refractivity contribution in [2.24, 2.45) is 5.16 Å². The van der Waals surface area contributed by atoms with Crippen molar-refractivity contribution < 1.29 is 130 Å². The molecule has 0 atom stereocenters. The fraction of sp³-hybridized carbons (Fsp3) is 0.343. The molecule has 2 spiro atoms. The van der Waals surface area contributed by atoms with Crippen LogP contribution < -0.4 is 61.6 Å². The van der Waals surface area contributed by atoms with Gasteiger partial charge in [-0.3, -0.25) is 19.2 Å². The molecule has 5 aliphatic heterocycles. The zero-order valence-electron chi connectivity index (χ0n) is 81.9. The Balaban J connectivity index is 0.000000201. The van der Waals surface area contributed by atoms with E-state index in [9.17, 15) is 38.8 Å². The summed E-state index contributed by atoms with van der Waals surface area (Å²) in [5.74, 6) is 6.08. The van der Waals surface area contributed by atoms with Crippen LogP contribution in [-0.2, 0) is 38.8 Å². The standard InChI is InChI=1S/C16H21N3O5.C16H20N2O5.C15H15NO3.C14H12N2O2.C13H12BrNO2.C8H9NO3.C8H13NO3.C6H6BrNO2.C6H7NO2/c1-3-23-15(20)19-8-6-16(7-9-19)10-11(18-21)14-12(24-16)4-5-13(17-14)22-2;1-3-22-15(20)18-8-6-16(7-9-18)10-11(19)14-12(23-16)4-5-13(17-14)21-2;1-11(17)15-13(8-9-14(16-15)18-2)19-10-12-6-4-3-5-7-12;1-17-14-8-7-13(12(9-15)16-14)18-10-11-5-3-2-4-6-11;1-16-12-8-7-11(13(14)15-12)17-9-10-5-3-2-4-6-10;1-5(10)8-6(11)3-4-7(9-8)12-2;1-2-12-8(11)9-5-3-7(10)4-6-9;1-10-5-3-2-4(9)6(7)8-5;1-9-6-3-2-5(8)4-7-6/h4-5,21H,3,6-10H2,1-2H3;4-5H,3,6-10H2,1-2H3;3-9H,10H2,1-2H3;2-8H,10H2,1H3;2-8H,9H2,1H3;3-4,11H,1-2H3;2-6H2,1H3;2-3,9H,1H3;2-4,8H,1H3. The van der Waals surface area contributed by atoms with Crippen LogP contribution >= 0.6 is 31.9 Å². The van der Waals surface area contributed by atoms with Crippen LogP contribution in [0.2, 0.25) is 0 Å². The second-order valence-electron chi connectivity index (χ2n) is 30.9. The number of pyridine rings is 8. The van der Waals surface area contributed by atoms with Crippen molar-refractivity contribution in [3.05, 3.63) is 249 Å². The van der Waals surface area contributed by atoms with Crippen molar-refractivity contribution in [1.29, 1.82) is 5.26 Å². The van der Waals surface area contributed by atoms with E-state index in [1.807, 2.05) is 103 Å². The number of piperidine rings is 3. The molecule has 764 valence electrons. The summed E-state index contributed by atoms with van der Waals surface area (Å²) in [6.45, 7) is 13.7. The maximum Gasteiger partial charge on any atom is 0.409 e. The molecule has 0 aliphatic carbocycles. The van der Waals surface area contributed by atoms with E-state index >= 15 is 0 Å². The second-order valence-corrected chi connectivity index (χ2v) is 32.4. The SMILES string of the molecule is CCOC(=O)N1CCC(=O)CC1.CCOC(=O)N1CCC2(CC1)CC(=NO)c1nc(OC)ccc1O2.CCOC(=O)N1CCC2(CC1)CC(=O)c1nc(OC)ccc1O2.COc1ccc(O)c(Br)n1.COc1ccc(O)c(C(C)=O)n1.COc1ccc(O)cn1.COc1ccc(OCc2ccccc2)c(Br)n1.COc1ccc(OCc2ccccc2)c(C#N)n1.COc1ccc(OCc2ccccc2)c(C(C)=O)n1. The van der Waals surface area contributed by atoms with Crippen LogP contribution in [0.1, 0.15) is 146 Å². The molecule has 0 radical (unpaired) electrons. The number of nitrogens with zero attached hydrogens (tertiary/aromatic N) is 13. The molecule has 5 aliphatic rings. The summed E-state index contributed by atoms with van der Waals surface area (Å²) in [5, 5.41) is 48.7. The van der Waals surface area contributed by atoms with Gasteiger partial charge in [-0.15, -0.1) is 0 Å². The number of Topliss-reactive ketones (excluding diaryl/α,β-unsaturated/α-hetero) is 4. The molecule has 3 amide bonds. The van der Waals surface area contributed by atoms with E-state index in [4.69, 9.17) is 96.4 Å². The van der Waals surface area contributed by atoms with Gasteiger partial charge in [0.15, 0.2) is 60.8 Å². The molecule has 11 aromatic rings. The lowest BCUT2D eigenvalue weighted by Crippen LogP contribution is -2.52. The van der Waals surface area contributed by atoms with Gasteiger partial charge in [0.2, 0.25) is 47.0 Å². The lowest BCUT2D eigenvalue weighted by Gasteiger charge is -2.43. The Labute approximate surface area is 849 Å². The minimum atomic E-state index is -0.552. The van der Waals surface area contributed by atoms with Gasteiger partial charge in [-0.25, -0.2) is 49.3 Å². The molecule has 42 heteroatoms. The number of rotatable bonds is 22. The van der Waals surface area contributed by atoms with Crippen molar-refractivity contribution in [3.8, 4) is 99.1 Å². The molecular formula is C102H115Br2N13O27. The number of carbonyl (C=O) groups is 7. The smallest absolute Gasteiger partial charge is 0.409 e. The van der Waals surface area contributed by atoms with Crippen LogP contribution in [0.3, 0.4) is 0 Å². The monoisotopic (exact) mass is 2110 g/mol. The molecule has 0 bridgehead atoms. The number of likely N-dealkylation sites (tertiary alicyclic amines) is 3. The number of ketones is 4. The summed E-state index contributed by atoms with van der Waals surface area (Å²) in [5.41, 5.74) is 3.99. The van der Waals surface area contributed by atoms with Gasteiger partial charge >= 0.3 is 18.3 Å². The van der Waals surface area contributed by atoms with E-state index in [1.165, 1.54) is 94.1 Å². The first-order chi connectivity index (χ1) is 69.4. The van der Waals surface area contributed by atoms with Crippen molar-refractivity contribution in [3.63, 3.8) is 0 Å². The van der Waals surface area contributed by atoms with Crippen LogP contribution in [0.15, 0.2) is 209 Å². The van der Waals surface area contributed by atoms with E-state index in [1.54, 1.807) is 109 Å². The molecule has 0 saturated carbocycles. The van der Waals surface area contributed by atoms with Gasteiger partial charge in [-0.1, -0.05) is 96.2 Å². The Morgan fingerprint density at radius 2 is 0.778 bits per heavy atom. The molecular weight excluding hydrogens is 2000 g/mol. The van der Waals surface area contributed by atoms with Gasteiger partial charge in [-0.2, -0.15) is 10.2 Å². The molecule has 4 N–H and O–H groups in total. The minimum Gasteiger partial charge on any atom is -0.506 e. The summed E-state index contributed by atoms with van der Waals surface area (Å²) in [7, 11) is 12.1. The number of aromatic nitrogens is 8. The zero-order valence-corrected chi connectivity index (χ0v) is 85.0. The van der Waals surface area contributed by atoms with Crippen LogP contribution in [0, 0.1) is 11.3 Å². The Bertz CT molecular complexity index is 6050. The van der Waals surface area contributed by atoms with Crippen molar-refractivity contribution in [1.82, 2.24) is 54.6 Å². The summed E-state index contributed by atoms with van der Waals surface area (Å²) < 4.78 is 84.5. The van der Waals surface area contributed by atoms with Crippen molar-refractivity contribution in [2.45, 2.75) is 117 Å². The summed E-state index contributed by atoms with van der Waals surface area (Å²) in [6, 6.07) is 57.8. The topological polar surface area (TPSA) is 497 Å². The van der Waals surface area contributed by atoms with E-state index in [2.05, 4.69) is 76.9 Å². The van der Waals surface area contributed by atoms with E-state index in [0.717, 1.165) is 16.7 Å². The van der Waals surface area contributed by atoms with Gasteiger partial charge in [0.05, 0.1) is 89.3 Å². The molecule has 16 rings (SSSR count). The fourth-order valence-electron chi connectivity index (χ4n) is 13.7. The quantitative estimate of drug-likeness (QED) is 0.0161. The highest BCUT2D eigenvalue weighted by atomic mass is 79.9. The summed E-state index contributed by atoms with van der Waals surface area (Å²) in [4.78, 5) is 117. The lowest BCUT2D eigenvalue weighted by molar-refractivity contribution is -0.121. The van der Waals surface area contributed by atoms with Gasteiger partial charge in [0.25, 0.3) is 0 Å². The highest BCUT2D eigenvalue weighted by molar-refractivity contribution is 9.10. The van der Waals surface area contributed by atoms with Crippen LogP contribution in [0.25, 0.3) is 0 Å². The first-order valence-electron chi connectivity index (χ1n) is 45.0. The predicted molar refractivity (Wildman–Crippen MR) is 531 cm³/mol. The number of benzene rings is 3. The third-order valence-electron chi connectivity index (χ3n) is 21.2. The maximum atomic E-state index is 12.4. The van der Waals surface area contributed by atoms with Gasteiger partial charge in [-0.05, 0) is 118 Å². The zero-order chi connectivity index (χ0) is 105. The molecule has 0 unspecified atom stereocenters. The number of ether oxygens (including phenoxy) is 16. The third-order valence-corrected chi connectivity index (χ3v) is 22.3. The van der Waals surface area contributed by atoms with E-state index in [-0.39, 0.29) is 82.2 Å². The fourth-order valence-corrected chi connectivity index (χ4v) is 14.4. The number of nitriles is 1. The number of hydrogen-bond acceptors (Lipinski definition) is 37. The number of fused-ring (bicyclic) bond motifs is 2. The number of aromatic hydroxyl groups is 3. The number of hydrogen-bond donors (Lipinski definition) is 4. The average Bonchev–Trinajstić information content (AvgIpc) is 0.766. The second kappa shape index (κ2) is 59.0. The number of carbonyl (C=O) groups excluding carboxylic acids is 7. The summed E-state index contributed by atoms with van der Waals surface area (Å²) >= 11 is 6.39. The average molecular weight is 2110 g/mol. The molecule has 3 aromatic carbocycles. The molecule has 8 aromatic heterocycles. The largest absolute Gasteiger partial charge is 0.506 e. The van der Waals surface area contributed by atoms with E-state index in [0.29, 0.717) is 226 Å². The number of methoxy groups -OCH3 is 8. The first-order valence-corrected chi connectivity index (χ1v) is 46.6. The first kappa shape index (κ1) is 113. The third kappa shape index (κ3) is 35.7.